The molecule has 1 aliphatic heterocycles. The molecule has 0 radical (unpaired) electrons. The van der Waals surface area contributed by atoms with Crippen molar-refractivity contribution < 1.29 is 28.6 Å². The summed E-state index contributed by atoms with van der Waals surface area (Å²) in [6, 6.07) is 24.7. The van der Waals surface area contributed by atoms with Crippen molar-refractivity contribution in [2.45, 2.75) is 31.8 Å². The highest BCUT2D eigenvalue weighted by Gasteiger charge is 2.41. The molecule has 8 nitrogen and oxygen atoms in total. The lowest BCUT2D eigenvalue weighted by Crippen LogP contribution is -2.51. The summed E-state index contributed by atoms with van der Waals surface area (Å²) in [5.74, 6) is 0.340. The number of rotatable bonds is 5. The molecule has 2 aliphatic rings. The van der Waals surface area contributed by atoms with Crippen molar-refractivity contribution in [2.24, 2.45) is 0 Å². The SMILES string of the molecule is O=C(NN(C(=O)OCc1ccccc1)C1C=C2C(=O)c3ccccc3OC2C1)OCc1ccccc1. The predicted octanol–water partition coefficient (Wildman–Crippen LogP) is 4.81. The standard InChI is InChI=1S/C28H24N2O6/c31-26-22-13-7-8-14-24(22)36-25-16-21(15-23(25)26)30(28(33)35-18-20-11-5-2-6-12-20)29-27(32)34-17-19-9-3-1-4-10-19/h1-15,21,25H,16-18H2,(H,29,32). The number of carbonyl (C=O) groups is 3. The zero-order valence-corrected chi connectivity index (χ0v) is 19.3. The first-order valence-corrected chi connectivity index (χ1v) is 11.6. The molecule has 0 aromatic heterocycles. The molecule has 0 saturated heterocycles. The van der Waals surface area contributed by atoms with Gasteiger partial charge in [-0.05, 0) is 29.3 Å². The molecule has 2 atom stereocenters. The highest BCUT2D eigenvalue weighted by molar-refractivity contribution is 6.12. The number of ether oxygens (including phenoxy) is 3. The Kier molecular flexibility index (Phi) is 6.66. The van der Waals surface area contributed by atoms with Crippen LogP contribution < -0.4 is 10.2 Å². The Labute approximate surface area is 208 Å². The largest absolute Gasteiger partial charge is 0.485 e. The summed E-state index contributed by atoms with van der Waals surface area (Å²) in [6.07, 6.45) is -0.219. The van der Waals surface area contributed by atoms with Crippen LogP contribution in [0, 0.1) is 0 Å². The summed E-state index contributed by atoms with van der Waals surface area (Å²) >= 11 is 0. The van der Waals surface area contributed by atoms with E-state index in [2.05, 4.69) is 5.43 Å². The van der Waals surface area contributed by atoms with Crippen LogP contribution in [0.3, 0.4) is 0 Å². The second kappa shape index (κ2) is 10.4. The summed E-state index contributed by atoms with van der Waals surface area (Å²) in [5.41, 5.74) is 5.01. The molecule has 0 spiro atoms. The second-order valence-electron chi connectivity index (χ2n) is 8.44. The average molecular weight is 485 g/mol. The number of benzene rings is 3. The Morgan fingerprint density at radius 1 is 0.861 bits per heavy atom. The number of fused-ring (bicyclic) bond motifs is 2. The van der Waals surface area contributed by atoms with Crippen LogP contribution in [0.25, 0.3) is 0 Å². The Morgan fingerprint density at radius 3 is 2.17 bits per heavy atom. The molecule has 0 bridgehead atoms. The first-order valence-electron chi connectivity index (χ1n) is 11.6. The van der Waals surface area contributed by atoms with Gasteiger partial charge in [0.2, 0.25) is 0 Å². The molecule has 2 amide bonds. The lowest BCUT2D eigenvalue weighted by Gasteiger charge is -2.28. The van der Waals surface area contributed by atoms with Crippen LogP contribution in [-0.4, -0.2) is 35.1 Å². The van der Waals surface area contributed by atoms with E-state index in [1.807, 2.05) is 60.7 Å². The van der Waals surface area contributed by atoms with Crippen LogP contribution in [0.15, 0.2) is 96.6 Å². The van der Waals surface area contributed by atoms with E-state index >= 15 is 0 Å². The number of amides is 2. The molecule has 182 valence electrons. The summed E-state index contributed by atoms with van der Waals surface area (Å²) in [5, 5.41) is 1.06. The zero-order chi connectivity index (χ0) is 24.9. The number of carbonyl (C=O) groups excluding carboxylic acids is 3. The lowest BCUT2D eigenvalue weighted by molar-refractivity contribution is 0.0499. The van der Waals surface area contributed by atoms with Crippen molar-refractivity contribution in [1.82, 2.24) is 10.4 Å². The van der Waals surface area contributed by atoms with Gasteiger partial charge in [0.25, 0.3) is 0 Å². The van der Waals surface area contributed by atoms with Gasteiger partial charge >= 0.3 is 12.2 Å². The monoisotopic (exact) mass is 484 g/mol. The van der Waals surface area contributed by atoms with Crippen molar-refractivity contribution in [3.8, 4) is 5.75 Å². The Morgan fingerprint density at radius 2 is 1.47 bits per heavy atom. The van der Waals surface area contributed by atoms with E-state index < -0.39 is 24.3 Å². The van der Waals surface area contributed by atoms with Crippen LogP contribution in [-0.2, 0) is 22.7 Å². The summed E-state index contributed by atoms with van der Waals surface area (Å²) in [7, 11) is 0. The van der Waals surface area contributed by atoms with E-state index in [0.29, 0.717) is 16.9 Å². The molecule has 1 aliphatic carbocycles. The fraction of sp³-hybridized carbons (Fsp3) is 0.179. The maximum absolute atomic E-state index is 13.1. The molecule has 0 fully saturated rings. The van der Waals surface area contributed by atoms with Gasteiger partial charge in [0.1, 0.15) is 25.1 Å². The molecular formula is C28H24N2O6. The van der Waals surface area contributed by atoms with Crippen LogP contribution in [0.5, 0.6) is 5.75 Å². The number of nitrogens with one attached hydrogen (secondary N) is 1. The minimum absolute atomic E-state index is 0.0184. The average Bonchev–Trinajstić information content (AvgIpc) is 3.34. The number of nitrogens with zero attached hydrogens (tertiary/aromatic N) is 1. The molecule has 36 heavy (non-hydrogen) atoms. The first kappa shape index (κ1) is 23.2. The van der Waals surface area contributed by atoms with E-state index in [0.717, 1.165) is 16.1 Å². The zero-order valence-electron chi connectivity index (χ0n) is 19.3. The van der Waals surface area contributed by atoms with E-state index in [9.17, 15) is 14.4 Å². The summed E-state index contributed by atoms with van der Waals surface area (Å²) in [4.78, 5) is 38.7. The Hall–Kier alpha value is -4.59. The smallest absolute Gasteiger partial charge is 0.429 e. The second-order valence-corrected chi connectivity index (χ2v) is 8.44. The van der Waals surface area contributed by atoms with E-state index in [-0.39, 0.29) is 25.4 Å². The number of para-hydroxylation sites is 1. The highest BCUT2D eigenvalue weighted by atomic mass is 16.6. The Bertz CT molecular complexity index is 1290. The van der Waals surface area contributed by atoms with Gasteiger partial charge in [0.05, 0.1) is 11.6 Å². The molecule has 2 unspecified atom stereocenters. The van der Waals surface area contributed by atoms with Crippen molar-refractivity contribution in [2.75, 3.05) is 0 Å². The van der Waals surface area contributed by atoms with Crippen LogP contribution in [0.4, 0.5) is 9.59 Å². The number of hydrogen-bond donors (Lipinski definition) is 1. The maximum atomic E-state index is 13.1. The Balaban J connectivity index is 1.32. The summed E-state index contributed by atoms with van der Waals surface area (Å²) < 4.78 is 16.8. The topological polar surface area (TPSA) is 94.2 Å². The van der Waals surface area contributed by atoms with Crippen molar-refractivity contribution in [3.05, 3.63) is 113 Å². The van der Waals surface area contributed by atoms with Gasteiger partial charge in [-0.25, -0.2) is 20.0 Å². The fourth-order valence-corrected chi connectivity index (χ4v) is 4.21. The van der Waals surface area contributed by atoms with Gasteiger partial charge in [-0.2, -0.15) is 0 Å². The molecule has 0 saturated carbocycles. The van der Waals surface area contributed by atoms with E-state index in [4.69, 9.17) is 14.2 Å². The maximum Gasteiger partial charge on any atom is 0.429 e. The normalized spacial score (nSPS) is 17.7. The van der Waals surface area contributed by atoms with Crippen LogP contribution in [0.2, 0.25) is 0 Å². The van der Waals surface area contributed by atoms with Gasteiger partial charge < -0.3 is 14.2 Å². The highest BCUT2D eigenvalue weighted by Crippen LogP contribution is 2.37. The molecule has 3 aromatic carbocycles. The number of hydrogen-bond acceptors (Lipinski definition) is 6. The molecule has 1 N–H and O–H groups in total. The fourth-order valence-electron chi connectivity index (χ4n) is 4.21. The first-order chi connectivity index (χ1) is 17.6. The third kappa shape index (κ3) is 5.07. The third-order valence-electron chi connectivity index (χ3n) is 6.00. The minimum Gasteiger partial charge on any atom is -0.485 e. The van der Waals surface area contributed by atoms with Gasteiger partial charge in [-0.3, -0.25) is 4.79 Å². The third-order valence-corrected chi connectivity index (χ3v) is 6.00. The quantitative estimate of drug-likeness (QED) is 0.523. The van der Waals surface area contributed by atoms with Gasteiger partial charge in [0.15, 0.2) is 5.78 Å². The van der Waals surface area contributed by atoms with Gasteiger partial charge in [0, 0.05) is 12.0 Å². The molecular weight excluding hydrogens is 460 g/mol. The summed E-state index contributed by atoms with van der Waals surface area (Å²) in [6.45, 7) is 0.0510. The minimum atomic E-state index is -0.820. The number of Topliss-reactive ketones (excluding diaryl/α,β-unsaturated/α-hetero) is 1. The predicted molar refractivity (Wildman–Crippen MR) is 130 cm³/mol. The van der Waals surface area contributed by atoms with Gasteiger partial charge in [-0.15, -0.1) is 0 Å². The number of hydrazine groups is 1. The molecule has 8 heteroatoms. The van der Waals surface area contributed by atoms with Crippen LogP contribution >= 0.6 is 0 Å². The molecule has 5 rings (SSSR count). The van der Waals surface area contributed by atoms with E-state index in [1.54, 1.807) is 30.3 Å². The van der Waals surface area contributed by atoms with Crippen molar-refractivity contribution >= 4 is 18.0 Å². The van der Waals surface area contributed by atoms with Crippen molar-refractivity contribution in [1.29, 1.82) is 0 Å². The van der Waals surface area contributed by atoms with Gasteiger partial charge in [-0.1, -0.05) is 72.8 Å². The van der Waals surface area contributed by atoms with Crippen molar-refractivity contribution in [3.63, 3.8) is 0 Å². The molecule has 3 aromatic rings. The van der Waals surface area contributed by atoms with E-state index in [1.165, 1.54) is 0 Å². The number of ketones is 1. The molecule has 1 heterocycles. The van der Waals surface area contributed by atoms with Crippen LogP contribution in [0.1, 0.15) is 27.9 Å². The lowest BCUT2D eigenvalue weighted by atomic mass is 9.97.